The van der Waals surface area contributed by atoms with Crippen LogP contribution in [0, 0.1) is 0 Å². The monoisotopic (exact) mass is 314 g/mol. The summed E-state index contributed by atoms with van der Waals surface area (Å²) < 4.78 is 8.02. The SMILES string of the molecule is Brc1nccn1-c1csc(N2CCOCC2)n1. The van der Waals surface area contributed by atoms with Crippen LogP contribution in [0.3, 0.4) is 0 Å². The van der Waals surface area contributed by atoms with Gasteiger partial charge in [-0.25, -0.2) is 9.97 Å². The molecule has 3 rings (SSSR count). The average molecular weight is 315 g/mol. The van der Waals surface area contributed by atoms with E-state index in [0.29, 0.717) is 0 Å². The van der Waals surface area contributed by atoms with Crippen LogP contribution < -0.4 is 4.90 Å². The van der Waals surface area contributed by atoms with E-state index in [4.69, 9.17) is 4.74 Å². The van der Waals surface area contributed by atoms with Crippen LogP contribution in [0.1, 0.15) is 0 Å². The Bertz CT molecular complexity index is 506. The van der Waals surface area contributed by atoms with Crippen LogP contribution in [-0.2, 0) is 4.74 Å². The van der Waals surface area contributed by atoms with Crippen molar-refractivity contribution in [3.05, 3.63) is 22.5 Å². The molecule has 0 unspecified atom stereocenters. The van der Waals surface area contributed by atoms with Gasteiger partial charge in [0.2, 0.25) is 0 Å². The fraction of sp³-hybridized carbons (Fsp3) is 0.400. The molecule has 0 N–H and O–H groups in total. The van der Waals surface area contributed by atoms with Crippen molar-refractivity contribution in [3.8, 4) is 5.82 Å². The minimum absolute atomic E-state index is 0.774. The molecule has 0 saturated carbocycles. The number of imidazole rings is 1. The maximum atomic E-state index is 5.33. The molecule has 1 aliphatic rings. The van der Waals surface area contributed by atoms with Gasteiger partial charge >= 0.3 is 0 Å². The summed E-state index contributed by atoms with van der Waals surface area (Å²) in [6.45, 7) is 3.39. The van der Waals surface area contributed by atoms with E-state index in [2.05, 4.69) is 30.8 Å². The maximum absolute atomic E-state index is 5.33. The Balaban J connectivity index is 1.85. The lowest BCUT2D eigenvalue weighted by atomic mass is 10.5. The van der Waals surface area contributed by atoms with Crippen LogP contribution in [0.25, 0.3) is 5.82 Å². The molecule has 3 heterocycles. The Morgan fingerprint density at radius 2 is 2.18 bits per heavy atom. The third kappa shape index (κ3) is 2.22. The third-order valence-corrected chi connectivity index (χ3v) is 4.08. The van der Waals surface area contributed by atoms with E-state index in [1.54, 1.807) is 17.5 Å². The standard InChI is InChI=1S/C10H11BrN4OS/c11-9-12-1-2-15(9)8-7-17-10(13-8)14-3-5-16-6-4-14/h1-2,7H,3-6H2. The van der Waals surface area contributed by atoms with Gasteiger partial charge in [-0.3, -0.25) is 4.57 Å². The minimum Gasteiger partial charge on any atom is -0.378 e. The summed E-state index contributed by atoms with van der Waals surface area (Å²) in [6.07, 6.45) is 3.64. The summed E-state index contributed by atoms with van der Waals surface area (Å²) in [5.74, 6) is 0.904. The molecule has 17 heavy (non-hydrogen) atoms. The molecule has 5 nitrogen and oxygen atoms in total. The second-order valence-corrected chi connectivity index (χ2v) is 5.20. The minimum atomic E-state index is 0.774. The average Bonchev–Trinajstić information content (AvgIpc) is 2.98. The van der Waals surface area contributed by atoms with Crippen molar-refractivity contribution in [3.63, 3.8) is 0 Å². The fourth-order valence-corrected chi connectivity index (χ4v) is 3.00. The van der Waals surface area contributed by atoms with E-state index in [0.717, 1.165) is 42.0 Å². The lowest BCUT2D eigenvalue weighted by Gasteiger charge is -2.25. The molecule has 0 bridgehead atoms. The van der Waals surface area contributed by atoms with E-state index < -0.39 is 0 Å². The summed E-state index contributed by atoms with van der Waals surface area (Å²) >= 11 is 5.04. The molecule has 0 aromatic carbocycles. The van der Waals surface area contributed by atoms with Crippen LogP contribution in [-0.4, -0.2) is 40.8 Å². The van der Waals surface area contributed by atoms with E-state index in [1.165, 1.54) is 0 Å². The highest BCUT2D eigenvalue weighted by Crippen LogP contribution is 2.25. The summed E-state index contributed by atoms with van der Waals surface area (Å²) in [4.78, 5) is 11.0. The molecule has 0 atom stereocenters. The number of thiazole rings is 1. The highest BCUT2D eigenvalue weighted by molar-refractivity contribution is 9.10. The van der Waals surface area contributed by atoms with Crippen LogP contribution in [0.4, 0.5) is 5.13 Å². The molecule has 2 aromatic heterocycles. The van der Waals surface area contributed by atoms with Crippen molar-refractivity contribution in [1.82, 2.24) is 14.5 Å². The first-order chi connectivity index (χ1) is 8.34. The van der Waals surface area contributed by atoms with Crippen LogP contribution in [0.5, 0.6) is 0 Å². The Labute approximate surface area is 111 Å². The van der Waals surface area contributed by atoms with Gasteiger partial charge in [0.25, 0.3) is 0 Å². The van der Waals surface area contributed by atoms with Crippen LogP contribution in [0.15, 0.2) is 22.5 Å². The van der Waals surface area contributed by atoms with Gasteiger partial charge in [-0.2, -0.15) is 0 Å². The molecule has 1 aliphatic heterocycles. The fourth-order valence-electron chi connectivity index (χ4n) is 1.72. The highest BCUT2D eigenvalue weighted by atomic mass is 79.9. The van der Waals surface area contributed by atoms with Crippen molar-refractivity contribution in [2.75, 3.05) is 31.2 Å². The molecule has 0 radical (unpaired) electrons. The van der Waals surface area contributed by atoms with Gasteiger partial charge in [0.05, 0.1) is 13.2 Å². The van der Waals surface area contributed by atoms with Gasteiger partial charge in [0, 0.05) is 30.9 Å². The second-order valence-electron chi connectivity index (χ2n) is 3.65. The number of aromatic nitrogens is 3. The zero-order valence-corrected chi connectivity index (χ0v) is 11.4. The number of halogens is 1. The Morgan fingerprint density at radius 3 is 2.88 bits per heavy atom. The van der Waals surface area contributed by atoms with E-state index in [9.17, 15) is 0 Å². The molecule has 0 spiro atoms. The summed E-state index contributed by atoms with van der Waals surface area (Å²) in [6, 6.07) is 0. The Morgan fingerprint density at radius 1 is 1.35 bits per heavy atom. The van der Waals surface area contributed by atoms with Crippen molar-refractivity contribution >= 4 is 32.4 Å². The van der Waals surface area contributed by atoms with Gasteiger partial charge in [0.15, 0.2) is 15.7 Å². The van der Waals surface area contributed by atoms with Gasteiger partial charge in [0.1, 0.15) is 0 Å². The predicted molar refractivity (Wildman–Crippen MR) is 70.0 cm³/mol. The number of hydrogen-bond acceptors (Lipinski definition) is 5. The molecule has 90 valence electrons. The summed E-state index contributed by atoms with van der Waals surface area (Å²) in [7, 11) is 0. The highest BCUT2D eigenvalue weighted by Gasteiger charge is 2.15. The van der Waals surface area contributed by atoms with Gasteiger partial charge < -0.3 is 9.64 Å². The Kier molecular flexibility index (Phi) is 3.13. The largest absolute Gasteiger partial charge is 0.378 e. The van der Waals surface area contributed by atoms with Crippen LogP contribution in [0.2, 0.25) is 0 Å². The van der Waals surface area contributed by atoms with E-state index >= 15 is 0 Å². The smallest absolute Gasteiger partial charge is 0.187 e. The second kappa shape index (κ2) is 4.75. The number of ether oxygens (including phenoxy) is 1. The first-order valence-corrected chi connectivity index (χ1v) is 6.99. The quantitative estimate of drug-likeness (QED) is 0.849. The van der Waals surface area contributed by atoms with Crippen molar-refractivity contribution in [2.24, 2.45) is 0 Å². The number of nitrogens with zero attached hydrogens (tertiary/aromatic N) is 4. The topological polar surface area (TPSA) is 43.2 Å². The van der Waals surface area contributed by atoms with E-state index in [1.807, 2.05) is 16.1 Å². The van der Waals surface area contributed by atoms with Crippen molar-refractivity contribution < 1.29 is 4.74 Å². The summed E-state index contributed by atoms with van der Waals surface area (Å²) in [5.41, 5.74) is 0. The first-order valence-electron chi connectivity index (χ1n) is 5.32. The molecule has 7 heteroatoms. The van der Waals surface area contributed by atoms with E-state index in [-0.39, 0.29) is 0 Å². The third-order valence-electron chi connectivity index (χ3n) is 2.60. The zero-order valence-electron chi connectivity index (χ0n) is 9.04. The number of rotatable bonds is 2. The van der Waals surface area contributed by atoms with Crippen molar-refractivity contribution in [2.45, 2.75) is 0 Å². The predicted octanol–water partition coefficient (Wildman–Crippen LogP) is 1.93. The molecule has 2 aromatic rings. The molecular formula is C10H11BrN4OS. The first kappa shape index (κ1) is 11.2. The molecule has 1 saturated heterocycles. The van der Waals surface area contributed by atoms with Crippen molar-refractivity contribution in [1.29, 1.82) is 0 Å². The number of anilines is 1. The zero-order chi connectivity index (χ0) is 11.7. The lowest BCUT2D eigenvalue weighted by Crippen LogP contribution is -2.36. The van der Waals surface area contributed by atoms with Gasteiger partial charge in [-0.15, -0.1) is 11.3 Å². The van der Waals surface area contributed by atoms with Crippen LogP contribution >= 0.6 is 27.3 Å². The number of hydrogen-bond donors (Lipinski definition) is 0. The Hall–Kier alpha value is -0.920. The lowest BCUT2D eigenvalue weighted by molar-refractivity contribution is 0.122. The normalized spacial score (nSPS) is 16.4. The summed E-state index contributed by atoms with van der Waals surface area (Å²) in [5, 5.41) is 3.08. The maximum Gasteiger partial charge on any atom is 0.187 e. The molecular weight excluding hydrogens is 304 g/mol. The molecule has 1 fully saturated rings. The van der Waals surface area contributed by atoms with Gasteiger partial charge in [-0.05, 0) is 15.9 Å². The molecule has 0 amide bonds. The number of morpholine rings is 1. The molecule has 0 aliphatic carbocycles. The van der Waals surface area contributed by atoms with Gasteiger partial charge in [-0.1, -0.05) is 0 Å².